The van der Waals surface area contributed by atoms with Gasteiger partial charge in [-0.3, -0.25) is 4.79 Å². The van der Waals surface area contributed by atoms with Gasteiger partial charge < -0.3 is 19.5 Å². The number of carboxylic acids is 1. The topological polar surface area (TPSA) is 76.1 Å². The smallest absolute Gasteiger partial charge is 0.335 e. The Morgan fingerprint density at radius 1 is 1.20 bits per heavy atom. The van der Waals surface area contributed by atoms with Crippen LogP contribution in [-0.2, 0) is 11.3 Å². The van der Waals surface area contributed by atoms with E-state index in [4.69, 9.17) is 9.47 Å². The molecule has 6 heteroatoms. The summed E-state index contributed by atoms with van der Waals surface area (Å²) in [5, 5.41) is 9.23. The van der Waals surface area contributed by atoms with Crippen LogP contribution in [0.25, 0.3) is 0 Å². The first kappa shape index (κ1) is 16.8. The molecule has 0 bridgehead atoms. The highest BCUT2D eigenvalue weighted by molar-refractivity contribution is 6.03. The van der Waals surface area contributed by atoms with Crippen LogP contribution in [-0.4, -0.2) is 29.7 Å². The number of fused-ring (bicyclic) bond motifs is 1. The van der Waals surface area contributed by atoms with Gasteiger partial charge in [-0.25, -0.2) is 4.79 Å². The third kappa shape index (κ3) is 3.15. The maximum Gasteiger partial charge on any atom is 0.335 e. The first-order valence-corrected chi connectivity index (χ1v) is 7.83. The molecule has 1 heterocycles. The molecule has 0 unspecified atom stereocenters. The first-order chi connectivity index (χ1) is 11.8. The Hall–Kier alpha value is -3.02. The number of nitrogens with zero attached hydrogens (tertiary/aromatic N) is 1. The van der Waals surface area contributed by atoms with Gasteiger partial charge in [0.15, 0.2) is 5.60 Å². The van der Waals surface area contributed by atoms with E-state index in [0.717, 1.165) is 11.3 Å². The second kappa shape index (κ2) is 6.12. The highest BCUT2D eigenvalue weighted by Crippen LogP contribution is 2.39. The number of rotatable bonds is 4. The van der Waals surface area contributed by atoms with Crippen LogP contribution in [0.3, 0.4) is 0 Å². The predicted molar refractivity (Wildman–Crippen MR) is 92.3 cm³/mol. The minimum atomic E-state index is -1.05. The van der Waals surface area contributed by atoms with E-state index < -0.39 is 11.6 Å². The Labute approximate surface area is 145 Å². The second-order valence-electron chi connectivity index (χ2n) is 6.34. The number of ether oxygens (including phenoxy) is 2. The molecule has 0 aliphatic carbocycles. The lowest BCUT2D eigenvalue weighted by Gasteiger charge is -2.39. The number of amides is 1. The average Bonchev–Trinajstić information content (AvgIpc) is 2.59. The third-order valence-electron chi connectivity index (χ3n) is 4.12. The van der Waals surface area contributed by atoms with Crippen LogP contribution in [0.2, 0.25) is 0 Å². The molecule has 0 aromatic heterocycles. The summed E-state index contributed by atoms with van der Waals surface area (Å²) in [5.74, 6) is -0.0584. The Morgan fingerprint density at radius 3 is 2.48 bits per heavy atom. The Morgan fingerprint density at radius 2 is 1.88 bits per heavy atom. The summed E-state index contributed by atoms with van der Waals surface area (Å²) in [6, 6.07) is 11.9. The lowest BCUT2D eigenvalue weighted by atomic mass is 10.0. The van der Waals surface area contributed by atoms with Gasteiger partial charge in [-0.15, -0.1) is 0 Å². The van der Waals surface area contributed by atoms with Gasteiger partial charge >= 0.3 is 5.97 Å². The van der Waals surface area contributed by atoms with Crippen LogP contribution in [0.1, 0.15) is 29.8 Å². The van der Waals surface area contributed by atoms with E-state index in [1.807, 2.05) is 24.3 Å². The molecule has 0 saturated heterocycles. The van der Waals surface area contributed by atoms with Crippen molar-refractivity contribution in [3.05, 3.63) is 53.6 Å². The van der Waals surface area contributed by atoms with Crippen LogP contribution in [0, 0.1) is 0 Å². The molecular formula is C19H19NO5. The van der Waals surface area contributed by atoms with E-state index in [-0.39, 0.29) is 11.5 Å². The molecule has 1 aliphatic rings. The minimum Gasteiger partial charge on any atom is -0.497 e. The molecule has 3 rings (SSSR count). The summed E-state index contributed by atoms with van der Waals surface area (Å²) >= 11 is 0. The van der Waals surface area contributed by atoms with Crippen molar-refractivity contribution in [1.29, 1.82) is 0 Å². The summed E-state index contributed by atoms with van der Waals surface area (Å²) in [7, 11) is 1.59. The van der Waals surface area contributed by atoms with E-state index in [1.54, 1.807) is 31.9 Å². The molecule has 130 valence electrons. The van der Waals surface area contributed by atoms with Crippen molar-refractivity contribution in [3.8, 4) is 11.5 Å². The van der Waals surface area contributed by atoms with Crippen LogP contribution in [0.4, 0.5) is 5.69 Å². The monoisotopic (exact) mass is 341 g/mol. The molecule has 0 atom stereocenters. The average molecular weight is 341 g/mol. The van der Waals surface area contributed by atoms with Gasteiger partial charge in [0.25, 0.3) is 5.91 Å². The standard InChI is InChI=1S/C19H19NO5/c1-19(2)18(23)20(11-12-4-7-14(24-3)8-5-12)15-10-13(17(21)22)6-9-16(15)25-19/h4-10H,11H2,1-3H3,(H,21,22). The van der Waals surface area contributed by atoms with Crippen LogP contribution >= 0.6 is 0 Å². The lowest BCUT2D eigenvalue weighted by Crippen LogP contribution is -2.52. The van der Waals surface area contributed by atoms with E-state index in [2.05, 4.69) is 0 Å². The zero-order valence-corrected chi connectivity index (χ0v) is 14.3. The number of benzene rings is 2. The number of carboxylic acid groups (broad SMARTS) is 1. The molecule has 1 aliphatic heterocycles. The molecule has 25 heavy (non-hydrogen) atoms. The number of carbonyl (C=O) groups is 2. The number of anilines is 1. The first-order valence-electron chi connectivity index (χ1n) is 7.83. The quantitative estimate of drug-likeness (QED) is 0.925. The lowest BCUT2D eigenvalue weighted by molar-refractivity contribution is -0.132. The van der Waals surface area contributed by atoms with Gasteiger partial charge in [-0.1, -0.05) is 12.1 Å². The number of aromatic carboxylic acids is 1. The fraction of sp³-hybridized carbons (Fsp3) is 0.263. The normalized spacial score (nSPS) is 15.3. The minimum absolute atomic E-state index is 0.106. The van der Waals surface area contributed by atoms with E-state index in [1.165, 1.54) is 12.1 Å². The highest BCUT2D eigenvalue weighted by atomic mass is 16.5. The molecule has 6 nitrogen and oxygen atoms in total. The molecule has 1 amide bonds. The number of methoxy groups -OCH3 is 1. The van der Waals surface area contributed by atoms with Crippen molar-refractivity contribution >= 4 is 17.6 Å². The number of hydrogen-bond acceptors (Lipinski definition) is 4. The van der Waals surface area contributed by atoms with Gasteiger partial charge in [0, 0.05) is 0 Å². The maximum atomic E-state index is 12.8. The Kier molecular flexibility index (Phi) is 4.12. The molecular weight excluding hydrogens is 322 g/mol. The van der Waals surface area contributed by atoms with Crippen molar-refractivity contribution in [1.82, 2.24) is 0 Å². The van der Waals surface area contributed by atoms with Crippen LogP contribution in [0.5, 0.6) is 11.5 Å². The van der Waals surface area contributed by atoms with E-state index in [0.29, 0.717) is 18.0 Å². The van der Waals surface area contributed by atoms with E-state index in [9.17, 15) is 14.7 Å². The van der Waals surface area contributed by atoms with Crippen molar-refractivity contribution in [2.45, 2.75) is 26.0 Å². The fourth-order valence-corrected chi connectivity index (χ4v) is 2.77. The molecule has 0 saturated carbocycles. The van der Waals surface area contributed by atoms with Gasteiger partial charge in [0.05, 0.1) is 24.9 Å². The maximum absolute atomic E-state index is 12.8. The summed E-state index contributed by atoms with van der Waals surface area (Å²) in [6.07, 6.45) is 0. The number of carbonyl (C=O) groups excluding carboxylic acids is 1. The summed E-state index contributed by atoms with van der Waals surface area (Å²) < 4.78 is 10.9. The zero-order chi connectivity index (χ0) is 18.2. The molecule has 2 aromatic rings. The number of hydrogen-bond donors (Lipinski definition) is 1. The molecule has 2 aromatic carbocycles. The van der Waals surface area contributed by atoms with Crippen LogP contribution < -0.4 is 14.4 Å². The largest absolute Gasteiger partial charge is 0.497 e. The second-order valence-corrected chi connectivity index (χ2v) is 6.34. The van der Waals surface area contributed by atoms with Crippen molar-refractivity contribution < 1.29 is 24.2 Å². The molecule has 0 radical (unpaired) electrons. The predicted octanol–water partition coefficient (Wildman–Crippen LogP) is 3.10. The van der Waals surface area contributed by atoms with Crippen molar-refractivity contribution in [2.24, 2.45) is 0 Å². The summed E-state index contributed by atoms with van der Waals surface area (Å²) in [4.78, 5) is 25.7. The fourth-order valence-electron chi connectivity index (χ4n) is 2.77. The van der Waals surface area contributed by atoms with Gasteiger partial charge in [-0.05, 0) is 49.7 Å². The SMILES string of the molecule is COc1ccc(CN2C(=O)C(C)(C)Oc3ccc(C(=O)O)cc32)cc1. The summed E-state index contributed by atoms with van der Waals surface area (Å²) in [6.45, 7) is 3.71. The molecule has 0 fully saturated rings. The Bertz CT molecular complexity index is 826. The molecule has 1 N–H and O–H groups in total. The zero-order valence-electron chi connectivity index (χ0n) is 14.3. The van der Waals surface area contributed by atoms with Gasteiger partial charge in [0.2, 0.25) is 0 Å². The highest BCUT2D eigenvalue weighted by Gasteiger charge is 2.41. The Balaban J connectivity index is 2.02. The molecule has 0 spiro atoms. The van der Waals surface area contributed by atoms with E-state index >= 15 is 0 Å². The van der Waals surface area contributed by atoms with Gasteiger partial charge in [0.1, 0.15) is 11.5 Å². The van der Waals surface area contributed by atoms with Gasteiger partial charge in [-0.2, -0.15) is 0 Å². The summed E-state index contributed by atoms with van der Waals surface area (Å²) in [5.41, 5.74) is 0.442. The van der Waals surface area contributed by atoms with Crippen LogP contribution in [0.15, 0.2) is 42.5 Å². The third-order valence-corrected chi connectivity index (χ3v) is 4.12. The van der Waals surface area contributed by atoms with Crippen molar-refractivity contribution in [2.75, 3.05) is 12.0 Å². The van der Waals surface area contributed by atoms with Crippen molar-refractivity contribution in [3.63, 3.8) is 0 Å².